The normalized spacial score (nSPS) is 10.2. The van der Waals surface area contributed by atoms with E-state index in [4.69, 9.17) is 10.8 Å². The first kappa shape index (κ1) is 14.0. The van der Waals surface area contributed by atoms with E-state index < -0.39 is 23.3 Å². The molecule has 0 bridgehead atoms. The van der Waals surface area contributed by atoms with Gasteiger partial charge in [0, 0.05) is 11.1 Å². The molecule has 20 heavy (non-hydrogen) atoms. The van der Waals surface area contributed by atoms with Crippen LogP contribution in [0.2, 0.25) is 0 Å². The molecule has 5 nitrogen and oxygen atoms in total. The van der Waals surface area contributed by atoms with Crippen molar-refractivity contribution in [2.45, 2.75) is 9.92 Å². The van der Waals surface area contributed by atoms with E-state index in [1.165, 1.54) is 24.4 Å². The number of aromatic nitrogens is 1. The van der Waals surface area contributed by atoms with Crippen LogP contribution in [0.25, 0.3) is 0 Å². The van der Waals surface area contributed by atoms with Crippen molar-refractivity contribution < 1.29 is 19.1 Å². The molecule has 0 radical (unpaired) electrons. The lowest BCUT2D eigenvalue weighted by Crippen LogP contribution is -2.10. The number of carbonyl (C=O) groups excluding carboxylic acids is 1. The van der Waals surface area contributed by atoms with Crippen molar-refractivity contribution in [3.63, 3.8) is 0 Å². The summed E-state index contributed by atoms with van der Waals surface area (Å²) >= 11 is 1.16. The molecular formula is C13H9FN2O3S. The van der Waals surface area contributed by atoms with Crippen molar-refractivity contribution in [1.29, 1.82) is 0 Å². The van der Waals surface area contributed by atoms with Crippen LogP contribution in [0.5, 0.6) is 0 Å². The predicted molar refractivity (Wildman–Crippen MR) is 70.2 cm³/mol. The van der Waals surface area contributed by atoms with E-state index in [9.17, 15) is 14.0 Å². The van der Waals surface area contributed by atoms with Crippen LogP contribution in [0, 0.1) is 5.82 Å². The van der Waals surface area contributed by atoms with Gasteiger partial charge in [-0.05, 0) is 30.3 Å². The number of benzene rings is 1. The SMILES string of the molecule is NC(=O)c1ccc(Sc2ccc(F)c(C(=O)O)c2)nc1. The van der Waals surface area contributed by atoms with Crippen LogP contribution >= 0.6 is 11.8 Å². The summed E-state index contributed by atoms with van der Waals surface area (Å²) in [6.07, 6.45) is 1.33. The molecule has 7 heteroatoms. The molecule has 1 aromatic carbocycles. The minimum absolute atomic E-state index is 0.277. The Kier molecular flexibility index (Phi) is 3.99. The number of primary amides is 1. The van der Waals surface area contributed by atoms with Crippen molar-refractivity contribution in [2.24, 2.45) is 5.73 Å². The summed E-state index contributed by atoms with van der Waals surface area (Å²) in [5, 5.41) is 9.38. The van der Waals surface area contributed by atoms with Gasteiger partial charge in [-0.1, -0.05) is 11.8 Å². The zero-order valence-corrected chi connectivity index (χ0v) is 10.9. The van der Waals surface area contributed by atoms with E-state index in [2.05, 4.69) is 4.98 Å². The van der Waals surface area contributed by atoms with Gasteiger partial charge in [0.05, 0.1) is 11.1 Å². The van der Waals surface area contributed by atoms with Gasteiger partial charge in [-0.25, -0.2) is 14.2 Å². The average molecular weight is 292 g/mol. The van der Waals surface area contributed by atoms with Gasteiger partial charge in [-0.3, -0.25) is 4.79 Å². The van der Waals surface area contributed by atoms with Gasteiger partial charge in [0.2, 0.25) is 5.91 Å². The number of aromatic carboxylic acids is 1. The summed E-state index contributed by atoms with van der Waals surface area (Å²) in [7, 11) is 0. The van der Waals surface area contributed by atoms with Gasteiger partial charge in [0.25, 0.3) is 0 Å². The Morgan fingerprint density at radius 2 is 2.00 bits per heavy atom. The third-order valence-corrected chi connectivity index (χ3v) is 3.35. The van der Waals surface area contributed by atoms with Crippen molar-refractivity contribution >= 4 is 23.6 Å². The summed E-state index contributed by atoms with van der Waals surface area (Å²) in [4.78, 5) is 26.3. The highest BCUT2D eigenvalue weighted by atomic mass is 32.2. The number of amides is 1. The molecule has 1 heterocycles. The molecule has 102 valence electrons. The maximum Gasteiger partial charge on any atom is 0.338 e. The van der Waals surface area contributed by atoms with Gasteiger partial charge in [0.1, 0.15) is 10.8 Å². The second-order valence-electron chi connectivity index (χ2n) is 3.80. The summed E-state index contributed by atoms with van der Waals surface area (Å²) < 4.78 is 13.2. The number of halogens is 1. The van der Waals surface area contributed by atoms with Gasteiger partial charge >= 0.3 is 5.97 Å². The first-order valence-corrected chi connectivity index (χ1v) is 6.25. The molecule has 0 atom stereocenters. The molecule has 0 fully saturated rings. The zero-order valence-electron chi connectivity index (χ0n) is 10.0. The highest BCUT2D eigenvalue weighted by Gasteiger charge is 2.11. The predicted octanol–water partition coefficient (Wildman–Crippen LogP) is 2.17. The minimum Gasteiger partial charge on any atom is -0.478 e. The largest absolute Gasteiger partial charge is 0.478 e. The number of carboxylic acid groups (broad SMARTS) is 1. The van der Waals surface area contributed by atoms with Crippen molar-refractivity contribution in [3.05, 3.63) is 53.5 Å². The number of hydrogen-bond acceptors (Lipinski definition) is 4. The van der Waals surface area contributed by atoms with E-state index >= 15 is 0 Å². The number of hydrogen-bond donors (Lipinski definition) is 2. The van der Waals surface area contributed by atoms with Gasteiger partial charge < -0.3 is 10.8 Å². The Labute approximate surface area is 117 Å². The molecule has 1 aromatic heterocycles. The zero-order chi connectivity index (χ0) is 14.7. The fourth-order valence-corrected chi connectivity index (χ4v) is 2.23. The molecule has 0 saturated carbocycles. The number of nitrogens with zero attached hydrogens (tertiary/aromatic N) is 1. The van der Waals surface area contributed by atoms with E-state index in [0.29, 0.717) is 9.92 Å². The number of pyridine rings is 1. The average Bonchev–Trinajstić information content (AvgIpc) is 2.41. The Morgan fingerprint density at radius 1 is 1.25 bits per heavy atom. The van der Waals surface area contributed by atoms with Crippen LogP contribution in [0.1, 0.15) is 20.7 Å². The number of nitrogens with two attached hydrogens (primary N) is 1. The van der Waals surface area contributed by atoms with Crippen molar-refractivity contribution in [1.82, 2.24) is 4.98 Å². The smallest absolute Gasteiger partial charge is 0.338 e. The monoisotopic (exact) mass is 292 g/mol. The van der Waals surface area contributed by atoms with Gasteiger partial charge in [-0.2, -0.15) is 0 Å². The van der Waals surface area contributed by atoms with E-state index in [1.54, 1.807) is 6.07 Å². The van der Waals surface area contributed by atoms with Crippen LogP contribution in [0.15, 0.2) is 46.5 Å². The van der Waals surface area contributed by atoms with Gasteiger partial charge in [-0.15, -0.1) is 0 Å². The Hall–Kier alpha value is -2.41. The summed E-state index contributed by atoms with van der Waals surface area (Å²) in [5.41, 5.74) is 4.97. The quantitative estimate of drug-likeness (QED) is 0.900. The summed E-state index contributed by atoms with van der Waals surface area (Å²) in [6.45, 7) is 0. The van der Waals surface area contributed by atoms with E-state index in [-0.39, 0.29) is 5.56 Å². The number of rotatable bonds is 4. The Bertz CT molecular complexity index is 674. The first-order valence-electron chi connectivity index (χ1n) is 5.44. The van der Waals surface area contributed by atoms with Crippen molar-refractivity contribution in [2.75, 3.05) is 0 Å². The minimum atomic E-state index is -1.33. The molecule has 0 saturated heterocycles. The topological polar surface area (TPSA) is 93.3 Å². The highest BCUT2D eigenvalue weighted by Crippen LogP contribution is 2.27. The Morgan fingerprint density at radius 3 is 2.55 bits per heavy atom. The molecule has 0 unspecified atom stereocenters. The number of carboxylic acids is 1. The third kappa shape index (κ3) is 3.12. The number of carbonyl (C=O) groups is 2. The molecule has 0 spiro atoms. The fraction of sp³-hybridized carbons (Fsp3) is 0. The van der Waals surface area contributed by atoms with Crippen LogP contribution < -0.4 is 5.73 Å². The molecular weight excluding hydrogens is 283 g/mol. The summed E-state index contributed by atoms with van der Waals surface area (Å²) in [6, 6.07) is 6.86. The fourth-order valence-electron chi connectivity index (χ4n) is 1.44. The van der Waals surface area contributed by atoms with Crippen molar-refractivity contribution in [3.8, 4) is 0 Å². The third-order valence-electron chi connectivity index (χ3n) is 2.41. The Balaban J connectivity index is 2.23. The highest BCUT2D eigenvalue weighted by molar-refractivity contribution is 7.99. The molecule has 0 aliphatic rings. The molecule has 2 rings (SSSR count). The van der Waals surface area contributed by atoms with E-state index in [0.717, 1.165) is 17.8 Å². The van der Waals surface area contributed by atoms with Gasteiger partial charge in [0.15, 0.2) is 0 Å². The maximum absolute atomic E-state index is 13.2. The second-order valence-corrected chi connectivity index (χ2v) is 4.89. The maximum atomic E-state index is 13.2. The molecule has 3 N–H and O–H groups in total. The molecule has 1 amide bonds. The lowest BCUT2D eigenvalue weighted by molar-refractivity contribution is 0.0691. The lowest BCUT2D eigenvalue weighted by Gasteiger charge is -2.04. The standard InChI is InChI=1S/C13H9FN2O3S/c14-10-3-2-8(5-9(10)13(18)19)20-11-4-1-7(6-16-11)12(15)17/h1-6H,(H2,15,17)(H,18,19). The van der Waals surface area contributed by atoms with Crippen LogP contribution in [-0.2, 0) is 0 Å². The molecule has 0 aliphatic carbocycles. The lowest BCUT2D eigenvalue weighted by atomic mass is 10.2. The molecule has 0 aliphatic heterocycles. The van der Waals surface area contributed by atoms with E-state index in [1.807, 2.05) is 0 Å². The first-order chi connectivity index (χ1) is 9.47. The summed E-state index contributed by atoms with van der Waals surface area (Å²) in [5.74, 6) is -2.70. The van der Waals surface area contributed by atoms with Crippen LogP contribution in [0.4, 0.5) is 4.39 Å². The van der Waals surface area contributed by atoms with Crippen LogP contribution in [-0.4, -0.2) is 22.0 Å². The van der Waals surface area contributed by atoms with Crippen LogP contribution in [0.3, 0.4) is 0 Å². The molecule has 2 aromatic rings. The second kappa shape index (κ2) is 5.70.